The van der Waals surface area contributed by atoms with Gasteiger partial charge in [0.15, 0.2) is 6.10 Å². The minimum absolute atomic E-state index is 0.147. The number of hydrogen-bond acceptors (Lipinski definition) is 3. The smallest absolute Gasteiger partial charge is 0.265 e. The van der Waals surface area contributed by atoms with Crippen molar-refractivity contribution in [3.8, 4) is 5.75 Å². The maximum Gasteiger partial charge on any atom is 0.265 e. The number of rotatable bonds is 5. The number of benzene rings is 3. The highest BCUT2D eigenvalue weighted by Crippen LogP contribution is 2.24. The van der Waals surface area contributed by atoms with E-state index in [9.17, 15) is 9.59 Å². The largest absolute Gasteiger partial charge is 0.481 e. The van der Waals surface area contributed by atoms with Crippen molar-refractivity contribution in [2.75, 3.05) is 16.8 Å². The fourth-order valence-electron chi connectivity index (χ4n) is 3.39. The maximum atomic E-state index is 12.5. The third-order valence-corrected chi connectivity index (χ3v) is 4.92. The van der Waals surface area contributed by atoms with Crippen LogP contribution in [0.15, 0.2) is 66.7 Å². The molecule has 2 amide bonds. The number of carbonyl (C=O) groups excluding carboxylic acids is 2. The molecule has 0 aromatic heterocycles. The van der Waals surface area contributed by atoms with Crippen LogP contribution in [0.25, 0.3) is 10.8 Å². The van der Waals surface area contributed by atoms with Crippen molar-refractivity contribution >= 4 is 34.0 Å². The Balaban J connectivity index is 1.39. The van der Waals surface area contributed by atoms with Crippen LogP contribution in [-0.2, 0) is 9.59 Å². The molecule has 3 aromatic rings. The second-order valence-corrected chi connectivity index (χ2v) is 6.95. The summed E-state index contributed by atoms with van der Waals surface area (Å²) in [6.07, 6.45) is 0.851. The lowest BCUT2D eigenvalue weighted by atomic mass is 10.1. The van der Waals surface area contributed by atoms with Gasteiger partial charge in [-0.05, 0) is 60.5 Å². The highest BCUT2D eigenvalue weighted by molar-refractivity contribution is 5.97. The molecule has 3 aromatic carbocycles. The van der Waals surface area contributed by atoms with Gasteiger partial charge in [0.25, 0.3) is 5.91 Å². The molecule has 28 heavy (non-hydrogen) atoms. The van der Waals surface area contributed by atoms with Gasteiger partial charge in [0.1, 0.15) is 5.75 Å². The summed E-state index contributed by atoms with van der Waals surface area (Å²) >= 11 is 0. The van der Waals surface area contributed by atoms with Crippen LogP contribution >= 0.6 is 0 Å². The van der Waals surface area contributed by atoms with E-state index in [1.165, 1.54) is 0 Å². The summed E-state index contributed by atoms with van der Waals surface area (Å²) in [6, 6.07) is 21.1. The zero-order valence-electron chi connectivity index (χ0n) is 15.7. The molecule has 142 valence electrons. The SMILES string of the molecule is CC(Oc1ccc2ccccc2c1)C(=O)Nc1ccc(N2CCCC2=O)cc1. The Morgan fingerprint density at radius 1 is 1.04 bits per heavy atom. The van der Waals surface area contributed by atoms with Crippen LogP contribution in [0, 0.1) is 0 Å². The van der Waals surface area contributed by atoms with Crippen molar-refractivity contribution in [2.45, 2.75) is 25.9 Å². The molecule has 1 atom stereocenters. The van der Waals surface area contributed by atoms with Crippen LogP contribution in [0.5, 0.6) is 5.75 Å². The third kappa shape index (κ3) is 3.83. The van der Waals surface area contributed by atoms with E-state index < -0.39 is 6.10 Å². The first-order valence-corrected chi connectivity index (χ1v) is 9.47. The lowest BCUT2D eigenvalue weighted by Crippen LogP contribution is -2.30. The first kappa shape index (κ1) is 18.0. The molecular weight excluding hydrogens is 352 g/mol. The summed E-state index contributed by atoms with van der Waals surface area (Å²) in [7, 11) is 0. The van der Waals surface area contributed by atoms with Gasteiger partial charge in [0.05, 0.1) is 0 Å². The predicted octanol–water partition coefficient (Wildman–Crippen LogP) is 4.37. The highest BCUT2D eigenvalue weighted by atomic mass is 16.5. The Bertz CT molecular complexity index is 1010. The topological polar surface area (TPSA) is 58.6 Å². The number of fused-ring (bicyclic) bond motifs is 1. The van der Waals surface area contributed by atoms with Crippen molar-refractivity contribution in [1.82, 2.24) is 0 Å². The Kier molecular flexibility index (Phi) is 4.98. The lowest BCUT2D eigenvalue weighted by molar-refractivity contribution is -0.122. The molecule has 5 heteroatoms. The normalized spacial score (nSPS) is 14.9. The molecule has 5 nitrogen and oxygen atoms in total. The molecule has 1 unspecified atom stereocenters. The van der Waals surface area contributed by atoms with E-state index in [-0.39, 0.29) is 11.8 Å². The molecule has 1 aliphatic heterocycles. The number of hydrogen-bond donors (Lipinski definition) is 1. The number of nitrogens with one attached hydrogen (secondary N) is 1. The van der Waals surface area contributed by atoms with Gasteiger partial charge in [0.2, 0.25) is 5.91 Å². The Morgan fingerprint density at radius 2 is 1.79 bits per heavy atom. The zero-order valence-corrected chi connectivity index (χ0v) is 15.7. The van der Waals surface area contributed by atoms with E-state index in [1.54, 1.807) is 11.8 Å². The monoisotopic (exact) mass is 374 g/mol. The Morgan fingerprint density at radius 3 is 2.50 bits per heavy atom. The molecule has 1 saturated heterocycles. The summed E-state index contributed by atoms with van der Waals surface area (Å²) in [4.78, 5) is 26.1. The summed E-state index contributed by atoms with van der Waals surface area (Å²) in [5.74, 6) is 0.580. The fraction of sp³-hybridized carbons (Fsp3) is 0.217. The zero-order chi connectivity index (χ0) is 19.5. The quantitative estimate of drug-likeness (QED) is 0.721. The van der Waals surface area contributed by atoms with E-state index in [1.807, 2.05) is 66.7 Å². The second kappa shape index (κ2) is 7.72. The molecule has 0 spiro atoms. The van der Waals surface area contributed by atoms with Crippen LogP contribution in [0.1, 0.15) is 19.8 Å². The number of nitrogens with zero attached hydrogens (tertiary/aromatic N) is 1. The van der Waals surface area contributed by atoms with Gasteiger partial charge in [-0.15, -0.1) is 0 Å². The third-order valence-electron chi connectivity index (χ3n) is 4.92. The van der Waals surface area contributed by atoms with E-state index in [4.69, 9.17) is 4.74 Å². The predicted molar refractivity (Wildman–Crippen MR) is 111 cm³/mol. The van der Waals surface area contributed by atoms with Crippen LogP contribution in [0.3, 0.4) is 0 Å². The Labute approximate surface area is 163 Å². The van der Waals surface area contributed by atoms with Crippen LogP contribution in [0.4, 0.5) is 11.4 Å². The molecule has 1 fully saturated rings. The van der Waals surface area contributed by atoms with Crippen molar-refractivity contribution in [3.63, 3.8) is 0 Å². The molecule has 0 aliphatic carbocycles. The highest BCUT2D eigenvalue weighted by Gasteiger charge is 2.21. The first-order valence-electron chi connectivity index (χ1n) is 9.47. The molecule has 1 aliphatic rings. The molecule has 1 heterocycles. The summed E-state index contributed by atoms with van der Waals surface area (Å²) in [5.41, 5.74) is 1.54. The fourth-order valence-corrected chi connectivity index (χ4v) is 3.39. The van der Waals surface area contributed by atoms with Crippen molar-refractivity contribution in [3.05, 3.63) is 66.7 Å². The van der Waals surface area contributed by atoms with Gasteiger partial charge < -0.3 is 15.0 Å². The van der Waals surface area contributed by atoms with Crippen LogP contribution < -0.4 is 15.0 Å². The number of amides is 2. The number of ether oxygens (including phenoxy) is 1. The standard InChI is InChI=1S/C23H22N2O3/c1-16(28-21-13-8-17-5-2-3-6-18(17)15-21)23(27)24-19-9-11-20(12-10-19)25-14-4-7-22(25)26/h2-3,5-6,8-13,15-16H,4,7,14H2,1H3,(H,24,27). The summed E-state index contributed by atoms with van der Waals surface area (Å²) in [5, 5.41) is 5.06. The summed E-state index contributed by atoms with van der Waals surface area (Å²) < 4.78 is 5.81. The average molecular weight is 374 g/mol. The number of carbonyl (C=O) groups is 2. The molecule has 4 rings (SSSR count). The minimum atomic E-state index is -0.638. The Hall–Kier alpha value is -3.34. The van der Waals surface area contributed by atoms with Crippen molar-refractivity contribution in [1.29, 1.82) is 0 Å². The van der Waals surface area contributed by atoms with Gasteiger partial charge in [-0.3, -0.25) is 9.59 Å². The van der Waals surface area contributed by atoms with Gasteiger partial charge in [-0.25, -0.2) is 0 Å². The van der Waals surface area contributed by atoms with Crippen LogP contribution in [0.2, 0.25) is 0 Å². The maximum absolute atomic E-state index is 12.5. The van der Waals surface area contributed by atoms with Gasteiger partial charge in [0, 0.05) is 24.3 Å². The van der Waals surface area contributed by atoms with Gasteiger partial charge >= 0.3 is 0 Å². The van der Waals surface area contributed by atoms with Gasteiger partial charge in [-0.1, -0.05) is 30.3 Å². The molecule has 0 radical (unpaired) electrons. The van der Waals surface area contributed by atoms with E-state index >= 15 is 0 Å². The second-order valence-electron chi connectivity index (χ2n) is 6.95. The first-order chi connectivity index (χ1) is 13.6. The lowest BCUT2D eigenvalue weighted by Gasteiger charge is -2.17. The minimum Gasteiger partial charge on any atom is -0.481 e. The molecule has 0 bridgehead atoms. The van der Waals surface area contributed by atoms with Crippen molar-refractivity contribution < 1.29 is 14.3 Å². The molecule has 1 N–H and O–H groups in total. The molecular formula is C23H22N2O3. The van der Waals surface area contributed by atoms with Crippen LogP contribution in [-0.4, -0.2) is 24.5 Å². The number of anilines is 2. The van der Waals surface area contributed by atoms with E-state index in [0.717, 1.165) is 29.4 Å². The van der Waals surface area contributed by atoms with E-state index in [0.29, 0.717) is 17.9 Å². The van der Waals surface area contributed by atoms with Gasteiger partial charge in [-0.2, -0.15) is 0 Å². The average Bonchev–Trinajstić information content (AvgIpc) is 3.14. The van der Waals surface area contributed by atoms with E-state index in [2.05, 4.69) is 5.32 Å². The summed E-state index contributed by atoms with van der Waals surface area (Å²) in [6.45, 7) is 2.48. The molecule has 0 saturated carbocycles. The van der Waals surface area contributed by atoms with Crippen molar-refractivity contribution in [2.24, 2.45) is 0 Å².